The number of rotatable bonds is 4. The molecule has 0 aliphatic carbocycles. The molecule has 1 aliphatic rings. The number of nitrogens with one attached hydrogen (secondary N) is 1. The Morgan fingerprint density at radius 3 is 2.70 bits per heavy atom. The van der Waals surface area contributed by atoms with Crippen LogP contribution in [0.15, 0.2) is 42.9 Å². The Morgan fingerprint density at radius 2 is 1.97 bits per heavy atom. The Bertz CT molecular complexity index is 1240. The molecule has 154 valence electrons. The van der Waals surface area contributed by atoms with E-state index in [0.717, 1.165) is 22.2 Å². The zero-order valence-electron chi connectivity index (χ0n) is 16.4. The van der Waals surface area contributed by atoms with Crippen LogP contribution in [-0.2, 0) is 0 Å². The molecule has 10 heteroatoms. The standard InChI is InChI=1S/C20H19F2N7O/c1-28-10-16(20(21,22)11-28)25-19-26-18(30-2)17-13(5-8-29(17)27-19)12-3-4-14-15(9-12)24-7-6-23-14/h3-9,16H,10-11H2,1-2H3,(H,25,27)/t16-/m0/s1. The van der Waals surface area contributed by atoms with Gasteiger partial charge in [-0.25, -0.2) is 13.3 Å². The number of hydrogen-bond donors (Lipinski definition) is 1. The van der Waals surface area contributed by atoms with Gasteiger partial charge in [0.2, 0.25) is 11.8 Å². The molecule has 0 bridgehead atoms. The second kappa shape index (κ2) is 6.84. The average Bonchev–Trinajstić information content (AvgIpc) is 3.26. The van der Waals surface area contributed by atoms with E-state index >= 15 is 0 Å². The Morgan fingerprint density at radius 1 is 1.17 bits per heavy atom. The van der Waals surface area contributed by atoms with E-state index in [4.69, 9.17) is 4.74 Å². The first-order chi connectivity index (χ1) is 14.4. The van der Waals surface area contributed by atoms with Crippen LogP contribution >= 0.6 is 0 Å². The van der Waals surface area contributed by atoms with Crippen LogP contribution in [0.4, 0.5) is 14.7 Å². The van der Waals surface area contributed by atoms with Gasteiger partial charge in [0, 0.05) is 30.7 Å². The van der Waals surface area contributed by atoms with Gasteiger partial charge in [-0.15, -0.1) is 5.10 Å². The quantitative estimate of drug-likeness (QED) is 0.553. The molecule has 4 heterocycles. The summed E-state index contributed by atoms with van der Waals surface area (Å²) in [5.41, 5.74) is 3.94. The largest absolute Gasteiger partial charge is 0.479 e. The van der Waals surface area contributed by atoms with E-state index < -0.39 is 12.0 Å². The first-order valence-corrected chi connectivity index (χ1v) is 9.42. The summed E-state index contributed by atoms with van der Waals surface area (Å²) in [6.07, 6.45) is 5.04. The van der Waals surface area contributed by atoms with Crippen LogP contribution in [0.1, 0.15) is 0 Å². The van der Waals surface area contributed by atoms with Gasteiger partial charge in [-0.05, 0) is 30.8 Å². The van der Waals surface area contributed by atoms with E-state index in [1.807, 2.05) is 24.3 Å². The van der Waals surface area contributed by atoms with Gasteiger partial charge in [0.1, 0.15) is 11.6 Å². The third kappa shape index (κ3) is 3.09. The lowest BCUT2D eigenvalue weighted by atomic mass is 10.1. The van der Waals surface area contributed by atoms with Crippen LogP contribution in [0.5, 0.6) is 5.88 Å². The van der Waals surface area contributed by atoms with Crippen LogP contribution in [0.2, 0.25) is 0 Å². The van der Waals surface area contributed by atoms with Crippen molar-refractivity contribution in [3.8, 4) is 17.0 Å². The number of likely N-dealkylation sites (tertiary alicyclic amines) is 1. The summed E-state index contributed by atoms with van der Waals surface area (Å²) in [5.74, 6) is -2.49. The average molecular weight is 411 g/mol. The van der Waals surface area contributed by atoms with Crippen molar-refractivity contribution in [3.05, 3.63) is 42.9 Å². The Labute approximate surface area is 170 Å². The summed E-state index contributed by atoms with van der Waals surface area (Å²) < 4.78 is 35.4. The highest BCUT2D eigenvalue weighted by Crippen LogP contribution is 2.33. The maximum Gasteiger partial charge on any atom is 0.281 e. The second-order valence-electron chi connectivity index (χ2n) is 7.38. The molecule has 1 N–H and O–H groups in total. The van der Waals surface area contributed by atoms with Crippen molar-refractivity contribution in [2.24, 2.45) is 0 Å². The van der Waals surface area contributed by atoms with E-state index in [9.17, 15) is 8.78 Å². The molecular weight excluding hydrogens is 392 g/mol. The zero-order chi connectivity index (χ0) is 20.9. The molecule has 8 nitrogen and oxygen atoms in total. The first kappa shape index (κ1) is 18.6. The molecule has 1 saturated heterocycles. The Hall–Kier alpha value is -3.40. The molecule has 3 aromatic heterocycles. The molecule has 0 spiro atoms. The number of anilines is 1. The number of alkyl halides is 2. The van der Waals surface area contributed by atoms with Crippen molar-refractivity contribution in [3.63, 3.8) is 0 Å². The highest BCUT2D eigenvalue weighted by atomic mass is 19.3. The van der Waals surface area contributed by atoms with E-state index in [-0.39, 0.29) is 19.0 Å². The minimum atomic E-state index is -2.87. The fourth-order valence-electron chi connectivity index (χ4n) is 3.85. The normalized spacial score (nSPS) is 18.9. The maximum absolute atomic E-state index is 14.2. The number of methoxy groups -OCH3 is 1. The lowest BCUT2D eigenvalue weighted by Crippen LogP contribution is -2.38. The second-order valence-corrected chi connectivity index (χ2v) is 7.38. The van der Waals surface area contributed by atoms with Crippen LogP contribution in [0, 0.1) is 0 Å². The van der Waals surface area contributed by atoms with Gasteiger partial charge in [-0.2, -0.15) is 4.98 Å². The van der Waals surface area contributed by atoms with Crippen molar-refractivity contribution in [2.75, 3.05) is 32.6 Å². The summed E-state index contributed by atoms with van der Waals surface area (Å²) in [5, 5.41) is 7.15. The molecule has 1 atom stereocenters. The van der Waals surface area contributed by atoms with Gasteiger partial charge in [-0.3, -0.25) is 14.9 Å². The van der Waals surface area contributed by atoms with Gasteiger partial charge >= 0.3 is 0 Å². The first-order valence-electron chi connectivity index (χ1n) is 9.42. The highest BCUT2D eigenvalue weighted by Gasteiger charge is 2.47. The van der Waals surface area contributed by atoms with Crippen molar-refractivity contribution < 1.29 is 13.5 Å². The van der Waals surface area contributed by atoms with Gasteiger partial charge in [-0.1, -0.05) is 6.07 Å². The molecule has 0 amide bonds. The molecule has 5 rings (SSSR count). The van der Waals surface area contributed by atoms with Gasteiger partial charge in [0.05, 0.1) is 24.7 Å². The van der Waals surface area contributed by atoms with Crippen molar-refractivity contribution in [1.82, 2.24) is 29.5 Å². The smallest absolute Gasteiger partial charge is 0.281 e. The molecule has 0 radical (unpaired) electrons. The van der Waals surface area contributed by atoms with Crippen LogP contribution in [0.3, 0.4) is 0 Å². The van der Waals surface area contributed by atoms with Gasteiger partial charge < -0.3 is 10.1 Å². The molecule has 1 fully saturated rings. The number of aromatic nitrogens is 5. The fourth-order valence-corrected chi connectivity index (χ4v) is 3.85. The number of benzene rings is 1. The number of halogens is 2. The minimum Gasteiger partial charge on any atom is -0.479 e. The van der Waals surface area contributed by atoms with Gasteiger partial charge in [0.15, 0.2) is 0 Å². The molecule has 0 unspecified atom stereocenters. The molecule has 1 aromatic carbocycles. The summed E-state index contributed by atoms with van der Waals surface area (Å²) in [6.45, 7) is -0.103. The van der Waals surface area contributed by atoms with Crippen LogP contribution < -0.4 is 10.1 Å². The SMILES string of the molecule is COc1nc(N[C@H]2CN(C)CC2(F)F)nn2ccc(-c3ccc4nccnc4c3)c12. The number of nitrogens with zero attached hydrogens (tertiary/aromatic N) is 6. The molecule has 30 heavy (non-hydrogen) atoms. The van der Waals surface area contributed by atoms with E-state index in [1.54, 1.807) is 35.1 Å². The maximum atomic E-state index is 14.2. The van der Waals surface area contributed by atoms with Crippen LogP contribution in [0.25, 0.3) is 27.7 Å². The van der Waals surface area contributed by atoms with Crippen molar-refractivity contribution in [1.29, 1.82) is 0 Å². The lowest BCUT2D eigenvalue weighted by molar-refractivity contribution is 0.00583. The van der Waals surface area contributed by atoms with E-state index in [0.29, 0.717) is 11.4 Å². The predicted octanol–water partition coefficient (Wildman–Crippen LogP) is 2.71. The number of ether oxygens (including phenoxy) is 1. The number of fused-ring (bicyclic) bond motifs is 2. The van der Waals surface area contributed by atoms with E-state index in [1.165, 1.54) is 7.11 Å². The third-order valence-corrected chi connectivity index (χ3v) is 5.24. The summed E-state index contributed by atoms with van der Waals surface area (Å²) in [7, 11) is 3.15. The summed E-state index contributed by atoms with van der Waals surface area (Å²) in [4.78, 5) is 14.6. The lowest BCUT2D eigenvalue weighted by Gasteiger charge is -2.19. The molecular formula is C20H19F2N7O. The summed E-state index contributed by atoms with van der Waals surface area (Å²) >= 11 is 0. The topological polar surface area (TPSA) is 80.5 Å². The van der Waals surface area contributed by atoms with E-state index in [2.05, 4.69) is 25.4 Å². The Kier molecular flexibility index (Phi) is 4.24. The Balaban J connectivity index is 1.56. The predicted molar refractivity (Wildman–Crippen MR) is 108 cm³/mol. The molecule has 4 aromatic rings. The number of likely N-dealkylation sites (N-methyl/N-ethyl adjacent to an activating group) is 1. The molecule has 1 aliphatic heterocycles. The fraction of sp³-hybridized carbons (Fsp3) is 0.300. The minimum absolute atomic E-state index is 0.0888. The highest BCUT2D eigenvalue weighted by molar-refractivity contribution is 5.89. The van der Waals surface area contributed by atoms with Crippen molar-refractivity contribution >= 4 is 22.5 Å². The molecule has 0 saturated carbocycles. The number of hydrogen-bond acceptors (Lipinski definition) is 7. The monoisotopic (exact) mass is 411 g/mol. The third-order valence-electron chi connectivity index (χ3n) is 5.24. The van der Waals surface area contributed by atoms with Crippen molar-refractivity contribution in [2.45, 2.75) is 12.0 Å². The van der Waals surface area contributed by atoms with Gasteiger partial charge in [0.25, 0.3) is 5.92 Å². The van der Waals surface area contributed by atoms with Crippen LogP contribution in [-0.4, -0.2) is 68.7 Å². The summed E-state index contributed by atoms with van der Waals surface area (Å²) in [6, 6.07) is 6.57. The zero-order valence-corrected chi connectivity index (χ0v) is 16.4.